The van der Waals surface area contributed by atoms with E-state index in [9.17, 15) is 9.59 Å². The molecule has 0 heterocycles. The van der Waals surface area contributed by atoms with Crippen molar-refractivity contribution in [3.05, 3.63) is 0 Å². The third-order valence-corrected chi connectivity index (χ3v) is 8.47. The number of ether oxygens (including phenoxy) is 2. The van der Waals surface area contributed by atoms with Crippen LogP contribution in [0.5, 0.6) is 0 Å². The molecule has 42 heavy (non-hydrogen) atoms. The van der Waals surface area contributed by atoms with Gasteiger partial charge in [-0.15, -0.1) is 0 Å². The molecule has 0 radical (unpaired) electrons. The first-order chi connectivity index (χ1) is 20.4. The van der Waals surface area contributed by atoms with Crippen molar-refractivity contribution in [1.29, 1.82) is 0 Å². The van der Waals surface area contributed by atoms with Gasteiger partial charge in [0.1, 0.15) is 12.7 Å². The molecule has 0 aliphatic rings. The van der Waals surface area contributed by atoms with Crippen LogP contribution in [0.4, 0.5) is 0 Å². The van der Waals surface area contributed by atoms with Gasteiger partial charge in [0.25, 0.3) is 0 Å². The Kier molecular flexibility index (Phi) is 30.5. The summed E-state index contributed by atoms with van der Waals surface area (Å²) >= 11 is 0. The van der Waals surface area contributed by atoms with E-state index in [-0.39, 0.29) is 30.6 Å². The summed E-state index contributed by atoms with van der Waals surface area (Å²) in [6.07, 6.45) is 29.2. The number of carbonyl (C=O) groups excluding carboxylic acids is 2. The third kappa shape index (κ3) is 27.7. The van der Waals surface area contributed by atoms with Crippen LogP contribution in [-0.4, -0.2) is 50.2 Å². The van der Waals surface area contributed by atoms with Gasteiger partial charge in [-0.2, -0.15) is 0 Å². The Bertz CT molecular complexity index is 580. The Morgan fingerprint density at radius 1 is 0.548 bits per heavy atom. The lowest BCUT2D eigenvalue weighted by Crippen LogP contribution is -2.28. The fourth-order valence-corrected chi connectivity index (χ4v) is 5.64. The van der Waals surface area contributed by atoms with Crippen molar-refractivity contribution >= 4 is 11.9 Å². The molecule has 0 amide bonds. The van der Waals surface area contributed by atoms with Gasteiger partial charge in [0.2, 0.25) is 0 Å². The molecule has 0 aromatic carbocycles. The summed E-state index contributed by atoms with van der Waals surface area (Å²) in [5.74, 6) is -0.230. The second-order valence-corrected chi connectivity index (χ2v) is 13.1. The molecule has 0 spiro atoms. The largest absolute Gasteiger partial charge is 0.462 e. The van der Waals surface area contributed by atoms with Crippen LogP contribution in [0.15, 0.2) is 0 Å². The average molecular weight is 596 g/mol. The molecule has 0 aliphatic carbocycles. The van der Waals surface area contributed by atoms with Crippen molar-refractivity contribution < 1.29 is 19.1 Å². The summed E-state index contributed by atoms with van der Waals surface area (Å²) < 4.78 is 11.8. The molecule has 0 rings (SSSR count). The number of esters is 2. The van der Waals surface area contributed by atoms with E-state index in [4.69, 9.17) is 9.47 Å². The zero-order valence-corrected chi connectivity index (χ0v) is 29.0. The summed E-state index contributed by atoms with van der Waals surface area (Å²) in [5, 5.41) is 0. The maximum Gasteiger partial charge on any atom is 0.309 e. The lowest BCUT2D eigenvalue weighted by Gasteiger charge is -2.21. The van der Waals surface area contributed by atoms with Crippen molar-refractivity contribution in [2.24, 2.45) is 5.92 Å². The minimum Gasteiger partial charge on any atom is -0.462 e. The number of rotatable bonds is 32. The van der Waals surface area contributed by atoms with E-state index in [1.54, 1.807) is 0 Å². The lowest BCUT2D eigenvalue weighted by atomic mass is 9.94. The highest BCUT2D eigenvalue weighted by molar-refractivity contribution is 5.72. The molecule has 0 N–H and O–H groups in total. The second-order valence-electron chi connectivity index (χ2n) is 13.1. The molecular formula is C37H73NO4. The summed E-state index contributed by atoms with van der Waals surface area (Å²) in [7, 11) is 4.16. The van der Waals surface area contributed by atoms with Crippen LogP contribution in [0.3, 0.4) is 0 Å². The Morgan fingerprint density at radius 2 is 0.976 bits per heavy atom. The Hall–Kier alpha value is -1.10. The van der Waals surface area contributed by atoms with Gasteiger partial charge in [0.15, 0.2) is 0 Å². The molecule has 1 unspecified atom stereocenters. The summed E-state index contributed by atoms with van der Waals surface area (Å²) in [6.45, 7) is 7.99. The molecule has 0 saturated heterocycles. The predicted molar refractivity (Wildman–Crippen MR) is 180 cm³/mol. The van der Waals surface area contributed by atoms with Crippen LogP contribution in [0.1, 0.15) is 188 Å². The molecule has 0 aromatic rings. The van der Waals surface area contributed by atoms with Gasteiger partial charge in [-0.05, 0) is 59.2 Å². The van der Waals surface area contributed by atoms with Gasteiger partial charge >= 0.3 is 11.9 Å². The molecule has 0 fully saturated rings. The van der Waals surface area contributed by atoms with Crippen molar-refractivity contribution in [2.45, 2.75) is 194 Å². The van der Waals surface area contributed by atoms with Gasteiger partial charge < -0.3 is 14.4 Å². The molecule has 0 aromatic heterocycles. The number of hydrogen-bond acceptors (Lipinski definition) is 5. The van der Waals surface area contributed by atoms with Crippen LogP contribution < -0.4 is 0 Å². The molecule has 5 heteroatoms. The zero-order valence-electron chi connectivity index (χ0n) is 29.0. The Morgan fingerprint density at radius 3 is 1.45 bits per heavy atom. The van der Waals surface area contributed by atoms with Crippen molar-refractivity contribution in [1.82, 2.24) is 4.90 Å². The Balaban J connectivity index is 4.80. The number of unbranched alkanes of at least 4 members (excludes halogenated alkanes) is 18. The van der Waals surface area contributed by atoms with Crippen LogP contribution in [0, 0.1) is 5.92 Å². The van der Waals surface area contributed by atoms with E-state index in [2.05, 4.69) is 39.8 Å². The highest BCUT2D eigenvalue weighted by Gasteiger charge is 2.22. The molecule has 5 nitrogen and oxygen atoms in total. The monoisotopic (exact) mass is 596 g/mol. The molecule has 250 valence electrons. The van der Waals surface area contributed by atoms with E-state index in [1.807, 2.05) is 0 Å². The zero-order chi connectivity index (χ0) is 31.1. The van der Waals surface area contributed by atoms with E-state index in [1.165, 1.54) is 96.3 Å². The maximum absolute atomic E-state index is 13.2. The van der Waals surface area contributed by atoms with Crippen LogP contribution >= 0.6 is 0 Å². The standard InChI is InChI=1S/C37H73NO4/c1-6-9-12-15-16-17-18-21-25-30-35(42-36(39)31-26-22-27-32-38(4)5)33-41-37(40)34(28-23-19-13-10-7-2)29-24-20-14-11-8-3/h34-35H,6-33H2,1-5H3. The molecule has 0 saturated carbocycles. The first kappa shape index (κ1) is 40.9. The average Bonchev–Trinajstić information content (AvgIpc) is 2.97. The quantitative estimate of drug-likeness (QED) is 0.0572. The van der Waals surface area contributed by atoms with Gasteiger partial charge in [-0.3, -0.25) is 9.59 Å². The fourth-order valence-electron chi connectivity index (χ4n) is 5.64. The summed E-state index contributed by atoms with van der Waals surface area (Å²) in [5.41, 5.74) is 0. The van der Waals surface area contributed by atoms with Gasteiger partial charge in [0, 0.05) is 6.42 Å². The van der Waals surface area contributed by atoms with Crippen molar-refractivity contribution in [3.8, 4) is 0 Å². The maximum atomic E-state index is 13.2. The first-order valence-electron chi connectivity index (χ1n) is 18.4. The fraction of sp³-hybridized carbons (Fsp3) is 0.946. The predicted octanol–water partition coefficient (Wildman–Crippen LogP) is 10.8. The number of hydrogen-bond donors (Lipinski definition) is 0. The van der Waals surface area contributed by atoms with Gasteiger partial charge in [-0.1, -0.05) is 143 Å². The summed E-state index contributed by atoms with van der Waals surface area (Å²) in [6, 6.07) is 0. The van der Waals surface area contributed by atoms with Crippen LogP contribution in [-0.2, 0) is 19.1 Å². The third-order valence-electron chi connectivity index (χ3n) is 8.47. The van der Waals surface area contributed by atoms with Crippen LogP contribution in [0.25, 0.3) is 0 Å². The van der Waals surface area contributed by atoms with E-state index in [0.717, 1.165) is 70.8 Å². The molecular weight excluding hydrogens is 522 g/mol. The van der Waals surface area contributed by atoms with Crippen molar-refractivity contribution in [2.75, 3.05) is 27.2 Å². The Labute approximate surface area is 262 Å². The van der Waals surface area contributed by atoms with E-state index < -0.39 is 0 Å². The van der Waals surface area contributed by atoms with E-state index >= 15 is 0 Å². The minimum absolute atomic E-state index is 0.0194. The van der Waals surface area contributed by atoms with Gasteiger partial charge in [-0.25, -0.2) is 0 Å². The van der Waals surface area contributed by atoms with Crippen LogP contribution in [0.2, 0.25) is 0 Å². The number of nitrogens with zero attached hydrogens (tertiary/aromatic N) is 1. The summed E-state index contributed by atoms with van der Waals surface area (Å²) in [4.78, 5) is 28.1. The minimum atomic E-state index is -0.317. The topological polar surface area (TPSA) is 55.8 Å². The lowest BCUT2D eigenvalue weighted by molar-refractivity contribution is -0.162. The SMILES string of the molecule is CCCCCCCCCCCC(COC(=O)C(CCCCCCC)CCCCCCC)OC(=O)CCCCCN(C)C. The molecule has 1 atom stereocenters. The normalized spacial score (nSPS) is 12.3. The van der Waals surface area contributed by atoms with Crippen molar-refractivity contribution in [3.63, 3.8) is 0 Å². The second kappa shape index (κ2) is 31.3. The smallest absolute Gasteiger partial charge is 0.309 e. The van der Waals surface area contributed by atoms with Gasteiger partial charge in [0.05, 0.1) is 5.92 Å². The highest BCUT2D eigenvalue weighted by atomic mass is 16.6. The molecule has 0 bridgehead atoms. The first-order valence-corrected chi connectivity index (χ1v) is 18.4. The number of carbonyl (C=O) groups is 2. The van der Waals surface area contributed by atoms with E-state index in [0.29, 0.717) is 6.42 Å². The molecule has 0 aliphatic heterocycles. The highest BCUT2D eigenvalue weighted by Crippen LogP contribution is 2.21.